The van der Waals surface area contributed by atoms with E-state index in [0.29, 0.717) is 18.5 Å². The van der Waals surface area contributed by atoms with Gasteiger partial charge in [-0.2, -0.15) is 0 Å². The smallest absolute Gasteiger partial charge is 0.188 e. The van der Waals surface area contributed by atoms with Gasteiger partial charge in [-0.05, 0) is 49.5 Å². The van der Waals surface area contributed by atoms with Gasteiger partial charge in [0.25, 0.3) is 0 Å². The molecule has 0 radical (unpaired) electrons. The highest BCUT2D eigenvalue weighted by atomic mass is 32.1. The van der Waals surface area contributed by atoms with Crippen molar-refractivity contribution >= 4 is 17.3 Å². The fourth-order valence-electron chi connectivity index (χ4n) is 3.02. The Morgan fingerprint density at radius 1 is 1.29 bits per heavy atom. The second kappa shape index (κ2) is 8.80. The molecule has 0 saturated carbocycles. The molecule has 1 aliphatic heterocycles. The average molecular weight is 344 g/mol. The molecule has 5 nitrogen and oxygen atoms in total. The molecule has 0 aliphatic carbocycles. The standard InChI is InChI=1S/C18H25N5S/c19-18(21-10-8-15-6-1-2-9-20-15)22-14-16(17-7-5-13-24-17)23-11-3-4-12-23/h1-2,5-7,9,13,16H,3-4,8,10-12,14H2,(H3,19,21,22). The zero-order chi connectivity index (χ0) is 16.6. The molecule has 1 atom stereocenters. The van der Waals surface area contributed by atoms with Crippen LogP contribution < -0.4 is 11.1 Å². The van der Waals surface area contributed by atoms with Gasteiger partial charge in [0.2, 0.25) is 0 Å². The summed E-state index contributed by atoms with van der Waals surface area (Å²) >= 11 is 1.80. The van der Waals surface area contributed by atoms with E-state index in [-0.39, 0.29) is 0 Å². The first-order valence-electron chi connectivity index (χ1n) is 8.54. The molecule has 2 aromatic heterocycles. The van der Waals surface area contributed by atoms with Crippen LogP contribution in [0.2, 0.25) is 0 Å². The van der Waals surface area contributed by atoms with Gasteiger partial charge >= 0.3 is 0 Å². The van der Waals surface area contributed by atoms with E-state index in [0.717, 1.165) is 31.7 Å². The minimum atomic E-state index is 0.351. The number of nitrogens with one attached hydrogen (secondary N) is 1. The van der Waals surface area contributed by atoms with Crippen molar-refractivity contribution < 1.29 is 0 Å². The Hall–Kier alpha value is -1.92. The molecule has 0 spiro atoms. The van der Waals surface area contributed by atoms with Crippen molar-refractivity contribution in [2.75, 3.05) is 26.2 Å². The molecule has 0 amide bonds. The van der Waals surface area contributed by atoms with Gasteiger partial charge in [0.15, 0.2) is 5.96 Å². The molecule has 128 valence electrons. The number of hydrogen-bond acceptors (Lipinski definition) is 4. The maximum atomic E-state index is 6.04. The second-order valence-electron chi connectivity index (χ2n) is 6.00. The number of thiophene rings is 1. The number of hydrogen-bond donors (Lipinski definition) is 2. The lowest BCUT2D eigenvalue weighted by molar-refractivity contribution is 0.255. The van der Waals surface area contributed by atoms with E-state index in [2.05, 4.69) is 37.7 Å². The number of rotatable bonds is 7. The Kier molecular flexibility index (Phi) is 6.20. The normalized spacial score (nSPS) is 17.1. The fourth-order valence-corrected chi connectivity index (χ4v) is 3.88. The molecule has 6 heteroatoms. The van der Waals surface area contributed by atoms with E-state index in [9.17, 15) is 0 Å². The van der Waals surface area contributed by atoms with Gasteiger partial charge in [-0.15, -0.1) is 11.3 Å². The van der Waals surface area contributed by atoms with Gasteiger partial charge < -0.3 is 11.1 Å². The Balaban J connectivity index is 1.51. The van der Waals surface area contributed by atoms with Crippen LogP contribution in [0.4, 0.5) is 0 Å². The number of nitrogens with zero attached hydrogens (tertiary/aromatic N) is 3. The van der Waals surface area contributed by atoms with E-state index in [1.807, 2.05) is 24.4 Å². The fraction of sp³-hybridized carbons (Fsp3) is 0.444. The van der Waals surface area contributed by atoms with Gasteiger partial charge in [-0.3, -0.25) is 14.9 Å². The highest BCUT2D eigenvalue weighted by Gasteiger charge is 2.23. The molecule has 24 heavy (non-hydrogen) atoms. The Morgan fingerprint density at radius 2 is 2.17 bits per heavy atom. The van der Waals surface area contributed by atoms with Crippen LogP contribution in [0, 0.1) is 0 Å². The van der Waals surface area contributed by atoms with Crippen LogP contribution >= 0.6 is 11.3 Å². The predicted molar refractivity (Wildman–Crippen MR) is 100 cm³/mol. The van der Waals surface area contributed by atoms with Gasteiger partial charge in [0.1, 0.15) is 0 Å². The summed E-state index contributed by atoms with van der Waals surface area (Å²) in [7, 11) is 0. The topological polar surface area (TPSA) is 66.5 Å². The van der Waals surface area contributed by atoms with Crippen molar-refractivity contribution in [3.63, 3.8) is 0 Å². The van der Waals surface area contributed by atoms with E-state index in [4.69, 9.17) is 5.73 Å². The molecular weight excluding hydrogens is 318 g/mol. The molecule has 3 N–H and O–H groups in total. The largest absolute Gasteiger partial charge is 0.370 e. The molecule has 2 aromatic rings. The molecule has 1 saturated heterocycles. The molecular formula is C18H25N5S. The number of aromatic nitrogens is 1. The first-order chi connectivity index (χ1) is 11.8. The lowest BCUT2D eigenvalue weighted by atomic mass is 10.2. The minimum absolute atomic E-state index is 0.351. The summed E-state index contributed by atoms with van der Waals surface area (Å²) in [4.78, 5) is 12.8. The highest BCUT2D eigenvalue weighted by Crippen LogP contribution is 2.28. The Morgan fingerprint density at radius 3 is 2.88 bits per heavy atom. The molecule has 0 bridgehead atoms. The van der Waals surface area contributed by atoms with Crippen molar-refractivity contribution in [1.82, 2.24) is 15.2 Å². The number of nitrogens with two attached hydrogens (primary N) is 1. The molecule has 0 aromatic carbocycles. The number of guanidine groups is 1. The average Bonchev–Trinajstić information content (AvgIpc) is 3.30. The summed E-state index contributed by atoms with van der Waals surface area (Å²) in [5, 5.41) is 5.33. The SMILES string of the molecule is NC(=NCC(c1cccs1)N1CCCC1)NCCc1ccccn1. The van der Waals surface area contributed by atoms with E-state index in [1.165, 1.54) is 17.7 Å². The summed E-state index contributed by atoms with van der Waals surface area (Å²) in [5.41, 5.74) is 7.10. The number of pyridine rings is 1. The first kappa shape index (κ1) is 16.9. The van der Waals surface area contributed by atoms with E-state index < -0.39 is 0 Å². The maximum Gasteiger partial charge on any atom is 0.188 e. The number of aliphatic imine (C=N–C) groups is 1. The van der Waals surface area contributed by atoms with Crippen LogP contribution in [0.15, 0.2) is 46.9 Å². The monoisotopic (exact) mass is 343 g/mol. The van der Waals surface area contributed by atoms with Crippen molar-refractivity contribution in [2.45, 2.75) is 25.3 Å². The second-order valence-corrected chi connectivity index (χ2v) is 6.98. The van der Waals surface area contributed by atoms with Crippen LogP contribution in [0.1, 0.15) is 29.5 Å². The van der Waals surface area contributed by atoms with Crippen molar-refractivity contribution in [1.29, 1.82) is 0 Å². The van der Waals surface area contributed by atoms with Gasteiger partial charge in [-0.25, -0.2) is 0 Å². The molecule has 3 heterocycles. The predicted octanol–water partition coefficient (Wildman–Crippen LogP) is 2.43. The third kappa shape index (κ3) is 4.79. The molecule has 3 rings (SSSR count). The van der Waals surface area contributed by atoms with Crippen molar-refractivity contribution in [2.24, 2.45) is 10.7 Å². The zero-order valence-corrected chi connectivity index (χ0v) is 14.7. The van der Waals surface area contributed by atoms with E-state index >= 15 is 0 Å². The lowest BCUT2D eigenvalue weighted by Crippen LogP contribution is -2.35. The van der Waals surface area contributed by atoms with Crippen LogP contribution in [-0.4, -0.2) is 42.0 Å². The van der Waals surface area contributed by atoms with Crippen LogP contribution in [0.5, 0.6) is 0 Å². The third-order valence-corrected chi connectivity index (χ3v) is 5.27. The van der Waals surface area contributed by atoms with Gasteiger partial charge in [0.05, 0.1) is 12.6 Å². The van der Waals surface area contributed by atoms with Crippen LogP contribution in [0.25, 0.3) is 0 Å². The Labute approximate surface area is 147 Å². The summed E-state index contributed by atoms with van der Waals surface area (Å²) in [6.45, 7) is 3.78. The first-order valence-corrected chi connectivity index (χ1v) is 9.42. The third-order valence-electron chi connectivity index (χ3n) is 4.30. The van der Waals surface area contributed by atoms with Gasteiger partial charge in [0, 0.05) is 29.7 Å². The summed E-state index contributed by atoms with van der Waals surface area (Å²) < 4.78 is 0. The summed E-state index contributed by atoms with van der Waals surface area (Å²) in [5.74, 6) is 0.520. The molecule has 1 fully saturated rings. The van der Waals surface area contributed by atoms with Crippen LogP contribution in [0.3, 0.4) is 0 Å². The van der Waals surface area contributed by atoms with E-state index in [1.54, 1.807) is 11.3 Å². The lowest BCUT2D eigenvalue weighted by Gasteiger charge is -2.25. The summed E-state index contributed by atoms with van der Waals surface area (Å²) in [6, 6.07) is 10.6. The minimum Gasteiger partial charge on any atom is -0.370 e. The number of likely N-dealkylation sites (tertiary alicyclic amines) is 1. The molecule has 1 unspecified atom stereocenters. The van der Waals surface area contributed by atoms with Crippen molar-refractivity contribution in [3.05, 3.63) is 52.5 Å². The molecule has 1 aliphatic rings. The van der Waals surface area contributed by atoms with Crippen LogP contribution in [-0.2, 0) is 6.42 Å². The maximum absolute atomic E-state index is 6.04. The Bertz CT molecular complexity index is 620. The van der Waals surface area contributed by atoms with Gasteiger partial charge in [-0.1, -0.05) is 12.1 Å². The highest BCUT2D eigenvalue weighted by molar-refractivity contribution is 7.10. The zero-order valence-electron chi connectivity index (χ0n) is 13.9. The summed E-state index contributed by atoms with van der Waals surface area (Å²) in [6.07, 6.45) is 5.22. The quantitative estimate of drug-likeness (QED) is 0.598. The van der Waals surface area contributed by atoms with Crippen molar-refractivity contribution in [3.8, 4) is 0 Å².